The van der Waals surface area contributed by atoms with E-state index in [0.717, 1.165) is 11.5 Å². The number of thioether (sulfide) groups is 2. The molecule has 2 aliphatic rings. The van der Waals surface area contributed by atoms with E-state index in [2.05, 4.69) is 13.8 Å². The number of rotatable bonds is 7. The Morgan fingerprint density at radius 3 is 2.00 bits per heavy atom. The minimum atomic E-state index is -0.777. The first-order chi connectivity index (χ1) is 10.7. The van der Waals surface area contributed by atoms with Crippen molar-refractivity contribution in [2.24, 2.45) is 0 Å². The highest BCUT2D eigenvalue weighted by Gasteiger charge is 2.52. The minimum absolute atomic E-state index is 0.179. The SMILES string of the molecule is CCSC(SCC)[C@@H]1OC(C)(C)O[C@H]1[C@@H](O)[C@H]1COC(C)(C)O1. The summed E-state index contributed by atoms with van der Waals surface area (Å²) in [5, 5.41) is 10.8. The minimum Gasteiger partial charge on any atom is -0.387 e. The third-order valence-corrected chi connectivity index (χ3v) is 6.52. The van der Waals surface area contributed by atoms with E-state index >= 15 is 0 Å². The molecule has 7 heteroatoms. The third-order valence-electron chi connectivity index (χ3n) is 3.84. The normalized spacial score (nSPS) is 34.2. The highest BCUT2D eigenvalue weighted by molar-refractivity contribution is 8.17. The van der Waals surface area contributed by atoms with E-state index in [1.807, 2.05) is 51.2 Å². The highest BCUT2D eigenvalue weighted by atomic mass is 32.2. The first-order valence-electron chi connectivity index (χ1n) is 8.28. The van der Waals surface area contributed by atoms with Gasteiger partial charge in [-0.3, -0.25) is 0 Å². The molecule has 0 saturated carbocycles. The summed E-state index contributed by atoms with van der Waals surface area (Å²) < 4.78 is 23.8. The van der Waals surface area contributed by atoms with Gasteiger partial charge in [0.15, 0.2) is 11.6 Å². The fourth-order valence-electron chi connectivity index (χ4n) is 2.95. The van der Waals surface area contributed by atoms with Crippen LogP contribution >= 0.6 is 23.5 Å². The lowest BCUT2D eigenvalue weighted by atomic mass is 10.0. The molecule has 0 aliphatic carbocycles. The molecule has 1 N–H and O–H groups in total. The molecule has 2 saturated heterocycles. The van der Waals surface area contributed by atoms with Crippen molar-refractivity contribution in [2.75, 3.05) is 18.1 Å². The van der Waals surface area contributed by atoms with Crippen LogP contribution in [0.5, 0.6) is 0 Å². The van der Waals surface area contributed by atoms with Crippen molar-refractivity contribution in [2.45, 2.75) is 82.1 Å². The van der Waals surface area contributed by atoms with Crippen LogP contribution < -0.4 is 0 Å². The molecule has 4 atom stereocenters. The van der Waals surface area contributed by atoms with Crippen molar-refractivity contribution in [3.8, 4) is 0 Å². The summed E-state index contributed by atoms with van der Waals surface area (Å²) in [6.45, 7) is 12.1. The maximum atomic E-state index is 10.8. The van der Waals surface area contributed by atoms with Gasteiger partial charge in [-0.2, -0.15) is 0 Å². The number of hydrogen-bond donors (Lipinski definition) is 1. The van der Waals surface area contributed by atoms with Crippen LogP contribution in [0.3, 0.4) is 0 Å². The maximum absolute atomic E-state index is 10.8. The maximum Gasteiger partial charge on any atom is 0.163 e. The molecule has 0 bridgehead atoms. The number of ether oxygens (including phenoxy) is 4. The van der Waals surface area contributed by atoms with E-state index in [1.54, 1.807) is 0 Å². The van der Waals surface area contributed by atoms with Crippen molar-refractivity contribution in [3.05, 3.63) is 0 Å². The molecule has 0 unspecified atom stereocenters. The fraction of sp³-hybridized carbons (Fsp3) is 1.00. The molecule has 2 fully saturated rings. The van der Waals surface area contributed by atoms with Crippen molar-refractivity contribution < 1.29 is 24.1 Å². The molecule has 0 radical (unpaired) electrons. The van der Waals surface area contributed by atoms with Gasteiger partial charge < -0.3 is 24.1 Å². The van der Waals surface area contributed by atoms with Crippen LogP contribution in [0, 0.1) is 0 Å². The second-order valence-corrected chi connectivity index (χ2v) is 9.84. The lowest BCUT2D eigenvalue weighted by Crippen LogP contribution is -2.47. The van der Waals surface area contributed by atoms with Gasteiger partial charge in [0, 0.05) is 0 Å². The Morgan fingerprint density at radius 2 is 1.52 bits per heavy atom. The van der Waals surface area contributed by atoms with Crippen molar-refractivity contribution >= 4 is 23.5 Å². The average Bonchev–Trinajstić information content (AvgIpc) is 2.97. The van der Waals surface area contributed by atoms with Gasteiger partial charge in [-0.05, 0) is 39.2 Å². The Labute approximate surface area is 148 Å². The Hall–Kier alpha value is 0.500. The largest absolute Gasteiger partial charge is 0.387 e. The Morgan fingerprint density at radius 1 is 0.957 bits per heavy atom. The molecule has 0 amide bonds. The van der Waals surface area contributed by atoms with Crippen LogP contribution in [0.25, 0.3) is 0 Å². The van der Waals surface area contributed by atoms with Crippen molar-refractivity contribution in [1.29, 1.82) is 0 Å². The van der Waals surface area contributed by atoms with Crippen molar-refractivity contribution in [3.63, 3.8) is 0 Å². The first kappa shape index (κ1) is 19.8. The second kappa shape index (κ2) is 7.81. The van der Waals surface area contributed by atoms with E-state index in [-0.39, 0.29) is 10.7 Å². The Kier molecular flexibility index (Phi) is 6.73. The molecule has 0 aromatic heterocycles. The molecule has 0 aromatic rings. The highest BCUT2D eigenvalue weighted by Crippen LogP contribution is 2.41. The number of hydrogen-bond acceptors (Lipinski definition) is 7. The fourth-order valence-corrected chi connectivity index (χ4v) is 5.61. The van der Waals surface area contributed by atoms with Gasteiger partial charge in [0.1, 0.15) is 24.4 Å². The van der Waals surface area contributed by atoms with E-state index in [0.29, 0.717) is 6.61 Å². The molecule has 0 aromatic carbocycles. The summed E-state index contributed by atoms with van der Waals surface area (Å²) in [7, 11) is 0. The lowest BCUT2D eigenvalue weighted by Gasteiger charge is -2.30. The molecule has 5 nitrogen and oxygen atoms in total. The Bertz CT molecular complexity index is 385. The standard InChI is InChI=1S/C16H30O5S2/c1-7-22-14(23-8-2)13-12(20-16(5,6)21-13)11(17)10-9-18-15(3,4)19-10/h10-14,17H,7-9H2,1-6H3/t10-,11+,12+,13-/m1/s1. The quantitative estimate of drug-likeness (QED) is 0.695. The molecule has 2 heterocycles. The molecular formula is C16H30O5S2. The number of aliphatic hydroxyl groups excluding tert-OH is 1. The summed E-state index contributed by atoms with van der Waals surface area (Å²) in [5.41, 5.74) is 0. The second-order valence-electron chi connectivity index (χ2n) is 6.70. The van der Waals surface area contributed by atoms with Gasteiger partial charge >= 0.3 is 0 Å². The molecule has 136 valence electrons. The van der Waals surface area contributed by atoms with Crippen LogP contribution in [-0.2, 0) is 18.9 Å². The van der Waals surface area contributed by atoms with Crippen LogP contribution in [-0.4, -0.2) is 63.8 Å². The van der Waals surface area contributed by atoms with Gasteiger partial charge in [0.2, 0.25) is 0 Å². The van der Waals surface area contributed by atoms with Gasteiger partial charge in [-0.15, -0.1) is 23.5 Å². The topological polar surface area (TPSA) is 57.2 Å². The van der Waals surface area contributed by atoms with E-state index in [9.17, 15) is 5.11 Å². The van der Waals surface area contributed by atoms with Gasteiger partial charge in [0.05, 0.1) is 11.2 Å². The smallest absolute Gasteiger partial charge is 0.163 e. The van der Waals surface area contributed by atoms with Crippen molar-refractivity contribution in [1.82, 2.24) is 0 Å². The summed E-state index contributed by atoms with van der Waals surface area (Å²) in [5.74, 6) is 0.631. The molecule has 23 heavy (non-hydrogen) atoms. The monoisotopic (exact) mass is 366 g/mol. The molecular weight excluding hydrogens is 336 g/mol. The molecule has 2 aliphatic heterocycles. The molecule has 2 rings (SSSR count). The summed E-state index contributed by atoms with van der Waals surface area (Å²) in [4.78, 5) is 0. The molecule has 0 spiro atoms. The van der Waals surface area contributed by atoms with Crippen LogP contribution in [0.2, 0.25) is 0 Å². The average molecular weight is 367 g/mol. The van der Waals surface area contributed by atoms with Crippen LogP contribution in [0.15, 0.2) is 0 Å². The van der Waals surface area contributed by atoms with Gasteiger partial charge in [-0.25, -0.2) is 0 Å². The first-order valence-corrected chi connectivity index (χ1v) is 10.4. The predicted molar refractivity (Wildman–Crippen MR) is 94.8 cm³/mol. The number of aliphatic hydroxyl groups is 1. The summed E-state index contributed by atoms with van der Waals surface area (Å²) in [6, 6.07) is 0. The lowest BCUT2D eigenvalue weighted by molar-refractivity contribution is -0.178. The van der Waals surface area contributed by atoms with Gasteiger partial charge in [0.25, 0.3) is 0 Å². The third kappa shape index (κ3) is 5.00. The van der Waals surface area contributed by atoms with Crippen LogP contribution in [0.4, 0.5) is 0 Å². The zero-order valence-electron chi connectivity index (χ0n) is 14.9. The summed E-state index contributed by atoms with van der Waals surface area (Å²) in [6.07, 6.45) is -1.77. The van der Waals surface area contributed by atoms with E-state index in [1.165, 1.54) is 0 Å². The van der Waals surface area contributed by atoms with Gasteiger partial charge in [-0.1, -0.05) is 13.8 Å². The van der Waals surface area contributed by atoms with Crippen LogP contribution in [0.1, 0.15) is 41.5 Å². The Balaban J connectivity index is 2.12. The summed E-state index contributed by atoms with van der Waals surface area (Å²) >= 11 is 3.67. The zero-order chi connectivity index (χ0) is 17.3. The zero-order valence-corrected chi connectivity index (χ0v) is 16.5. The predicted octanol–water partition coefficient (Wildman–Crippen LogP) is 2.85. The van der Waals surface area contributed by atoms with E-state index < -0.39 is 29.9 Å². The van der Waals surface area contributed by atoms with E-state index in [4.69, 9.17) is 18.9 Å².